The molecule has 1 aliphatic rings. The van der Waals surface area contributed by atoms with E-state index in [1.165, 1.54) is 0 Å². The van der Waals surface area contributed by atoms with Gasteiger partial charge in [0.2, 0.25) is 5.91 Å². The number of hydrogen-bond acceptors (Lipinski definition) is 3. The largest absolute Gasteiger partial charge is 0.327 e. The average Bonchev–Trinajstić information content (AvgIpc) is 2.40. The molecular weight excluding hydrogens is 278 g/mol. The molecule has 2 rings (SSSR count). The summed E-state index contributed by atoms with van der Waals surface area (Å²) in [5.74, 6) is -1.56. The summed E-state index contributed by atoms with van der Waals surface area (Å²) in [6.45, 7) is 1.93. The highest BCUT2D eigenvalue weighted by molar-refractivity contribution is 6.32. The van der Waals surface area contributed by atoms with E-state index in [0.717, 1.165) is 6.42 Å². The van der Waals surface area contributed by atoms with E-state index < -0.39 is 17.7 Å². The number of amides is 2. The SMILES string of the molecule is CCC(N)CC1=NC(=O)C(c2ccccc2Cl)C(=O)N1. The Kier molecular flexibility index (Phi) is 4.52. The Balaban J connectivity index is 2.25. The Morgan fingerprint density at radius 3 is 2.70 bits per heavy atom. The molecule has 6 heteroatoms. The number of carbonyl (C=O) groups is 2. The van der Waals surface area contributed by atoms with Crippen molar-refractivity contribution < 1.29 is 9.59 Å². The lowest BCUT2D eigenvalue weighted by molar-refractivity contribution is -0.129. The van der Waals surface area contributed by atoms with Gasteiger partial charge in [0.15, 0.2) is 0 Å². The van der Waals surface area contributed by atoms with Crippen LogP contribution in [0.5, 0.6) is 0 Å². The first-order valence-corrected chi connectivity index (χ1v) is 6.83. The lowest BCUT2D eigenvalue weighted by Crippen LogP contribution is -2.44. The van der Waals surface area contributed by atoms with Gasteiger partial charge in [-0.25, -0.2) is 0 Å². The average molecular weight is 294 g/mol. The molecule has 20 heavy (non-hydrogen) atoms. The molecule has 0 radical (unpaired) electrons. The van der Waals surface area contributed by atoms with Gasteiger partial charge in [-0.2, -0.15) is 4.99 Å². The molecular formula is C14H16ClN3O2. The second kappa shape index (κ2) is 6.15. The van der Waals surface area contributed by atoms with Crippen molar-refractivity contribution in [3.63, 3.8) is 0 Å². The van der Waals surface area contributed by atoms with Gasteiger partial charge in [-0.3, -0.25) is 9.59 Å². The smallest absolute Gasteiger partial charge is 0.264 e. The molecule has 0 saturated carbocycles. The molecule has 106 valence electrons. The van der Waals surface area contributed by atoms with E-state index in [1.807, 2.05) is 6.92 Å². The molecule has 0 bridgehead atoms. The normalized spacial score (nSPS) is 20.4. The summed E-state index contributed by atoms with van der Waals surface area (Å²) in [5.41, 5.74) is 6.27. The van der Waals surface area contributed by atoms with E-state index >= 15 is 0 Å². The first-order valence-electron chi connectivity index (χ1n) is 6.45. The van der Waals surface area contributed by atoms with E-state index in [1.54, 1.807) is 24.3 Å². The van der Waals surface area contributed by atoms with Gasteiger partial charge < -0.3 is 11.1 Å². The molecule has 0 spiro atoms. The molecule has 1 heterocycles. The van der Waals surface area contributed by atoms with Gasteiger partial charge >= 0.3 is 0 Å². The van der Waals surface area contributed by atoms with Gasteiger partial charge in [0.1, 0.15) is 11.8 Å². The predicted molar refractivity (Wildman–Crippen MR) is 77.7 cm³/mol. The zero-order valence-electron chi connectivity index (χ0n) is 11.1. The van der Waals surface area contributed by atoms with Crippen LogP contribution in [0.4, 0.5) is 0 Å². The monoisotopic (exact) mass is 293 g/mol. The fourth-order valence-corrected chi connectivity index (χ4v) is 2.27. The number of amidine groups is 1. The topological polar surface area (TPSA) is 84.5 Å². The number of aliphatic imine (C=N–C) groups is 1. The number of nitrogens with zero attached hydrogens (tertiary/aromatic N) is 1. The fourth-order valence-electron chi connectivity index (χ4n) is 2.02. The summed E-state index contributed by atoms with van der Waals surface area (Å²) in [6.07, 6.45) is 1.13. The van der Waals surface area contributed by atoms with Gasteiger partial charge in [-0.05, 0) is 18.1 Å². The van der Waals surface area contributed by atoms with Crippen LogP contribution >= 0.6 is 11.6 Å². The third-order valence-electron chi connectivity index (χ3n) is 3.22. The van der Waals surface area contributed by atoms with Crippen LogP contribution in [0.1, 0.15) is 31.2 Å². The van der Waals surface area contributed by atoms with E-state index in [2.05, 4.69) is 10.3 Å². The molecule has 2 amide bonds. The quantitative estimate of drug-likeness (QED) is 0.827. The van der Waals surface area contributed by atoms with Crippen LogP contribution in [0, 0.1) is 0 Å². The second-order valence-corrected chi connectivity index (χ2v) is 5.12. The number of hydrogen-bond donors (Lipinski definition) is 2. The number of benzene rings is 1. The van der Waals surface area contributed by atoms with Crippen LogP contribution in [-0.4, -0.2) is 23.7 Å². The van der Waals surface area contributed by atoms with E-state index in [0.29, 0.717) is 22.8 Å². The van der Waals surface area contributed by atoms with Crippen molar-refractivity contribution in [2.24, 2.45) is 10.7 Å². The number of halogens is 1. The van der Waals surface area contributed by atoms with Crippen LogP contribution in [0.2, 0.25) is 5.02 Å². The standard InChI is InChI=1S/C14H16ClN3O2/c1-2-8(16)7-11-17-13(19)12(14(20)18-11)9-5-3-4-6-10(9)15/h3-6,8,12H,2,7,16H2,1H3,(H,17,18,19,20). The molecule has 5 nitrogen and oxygen atoms in total. The van der Waals surface area contributed by atoms with Crippen LogP contribution in [0.15, 0.2) is 29.3 Å². The van der Waals surface area contributed by atoms with Crippen molar-refractivity contribution in [2.75, 3.05) is 0 Å². The minimum Gasteiger partial charge on any atom is -0.327 e. The molecule has 0 aromatic heterocycles. The molecule has 2 unspecified atom stereocenters. The molecule has 1 aliphatic heterocycles. The summed E-state index contributed by atoms with van der Waals surface area (Å²) in [6, 6.07) is 6.64. The van der Waals surface area contributed by atoms with Crippen molar-refractivity contribution in [1.29, 1.82) is 0 Å². The van der Waals surface area contributed by atoms with Gasteiger partial charge in [-0.15, -0.1) is 0 Å². The summed E-state index contributed by atoms with van der Waals surface area (Å²) in [4.78, 5) is 28.1. The van der Waals surface area contributed by atoms with Crippen LogP contribution < -0.4 is 11.1 Å². The summed E-state index contributed by atoms with van der Waals surface area (Å²) < 4.78 is 0. The maximum atomic E-state index is 12.1. The van der Waals surface area contributed by atoms with Gasteiger partial charge in [0, 0.05) is 17.5 Å². The first kappa shape index (κ1) is 14.7. The lowest BCUT2D eigenvalue weighted by Gasteiger charge is -2.22. The number of rotatable bonds is 4. The number of carbonyl (C=O) groups excluding carboxylic acids is 2. The highest BCUT2D eigenvalue weighted by Crippen LogP contribution is 2.27. The Hall–Kier alpha value is -1.72. The van der Waals surface area contributed by atoms with Crippen LogP contribution in [0.3, 0.4) is 0 Å². The van der Waals surface area contributed by atoms with Gasteiger partial charge in [0.05, 0.1) is 0 Å². The maximum Gasteiger partial charge on any atom is 0.264 e. The highest BCUT2D eigenvalue weighted by Gasteiger charge is 2.34. The van der Waals surface area contributed by atoms with Crippen LogP contribution in [0.25, 0.3) is 0 Å². The highest BCUT2D eigenvalue weighted by atomic mass is 35.5. The summed E-state index contributed by atoms with van der Waals surface area (Å²) in [7, 11) is 0. The van der Waals surface area contributed by atoms with Crippen molar-refractivity contribution in [3.8, 4) is 0 Å². The molecule has 3 N–H and O–H groups in total. The van der Waals surface area contributed by atoms with E-state index in [9.17, 15) is 9.59 Å². The predicted octanol–water partition coefficient (Wildman–Crippen LogP) is 1.61. The van der Waals surface area contributed by atoms with Crippen molar-refractivity contribution in [1.82, 2.24) is 5.32 Å². The lowest BCUT2D eigenvalue weighted by atomic mass is 9.95. The fraction of sp³-hybridized carbons (Fsp3) is 0.357. The van der Waals surface area contributed by atoms with E-state index in [-0.39, 0.29) is 6.04 Å². The minimum atomic E-state index is -0.981. The van der Waals surface area contributed by atoms with Gasteiger partial charge in [-0.1, -0.05) is 36.7 Å². The third kappa shape index (κ3) is 3.05. The molecule has 1 aromatic carbocycles. The van der Waals surface area contributed by atoms with Crippen molar-refractivity contribution >= 4 is 29.3 Å². The number of nitrogens with one attached hydrogen (secondary N) is 1. The Bertz CT molecular complexity index is 571. The zero-order valence-corrected chi connectivity index (χ0v) is 11.9. The second-order valence-electron chi connectivity index (χ2n) is 4.71. The molecule has 0 saturated heterocycles. The summed E-state index contributed by atoms with van der Waals surface area (Å²) in [5, 5.41) is 3.02. The number of nitrogens with two attached hydrogens (primary N) is 1. The maximum absolute atomic E-state index is 12.1. The molecule has 1 aromatic rings. The van der Waals surface area contributed by atoms with E-state index in [4.69, 9.17) is 17.3 Å². The molecule has 0 fully saturated rings. The van der Waals surface area contributed by atoms with Crippen LogP contribution in [-0.2, 0) is 9.59 Å². The minimum absolute atomic E-state index is 0.126. The van der Waals surface area contributed by atoms with Crippen molar-refractivity contribution in [3.05, 3.63) is 34.9 Å². The third-order valence-corrected chi connectivity index (χ3v) is 3.56. The molecule has 2 atom stereocenters. The Morgan fingerprint density at radius 2 is 2.10 bits per heavy atom. The van der Waals surface area contributed by atoms with Gasteiger partial charge in [0.25, 0.3) is 5.91 Å². The first-order chi connectivity index (χ1) is 9.52. The zero-order chi connectivity index (χ0) is 14.7. The Morgan fingerprint density at radius 1 is 1.40 bits per heavy atom. The van der Waals surface area contributed by atoms with Crippen molar-refractivity contribution in [2.45, 2.75) is 31.7 Å². The summed E-state index contributed by atoms with van der Waals surface area (Å²) >= 11 is 6.03. The molecule has 0 aliphatic carbocycles. The Labute approximate surface area is 122 Å².